The molecule has 0 atom stereocenters. The lowest BCUT2D eigenvalue weighted by molar-refractivity contribution is -0.130. The lowest BCUT2D eigenvalue weighted by atomic mass is 9.96. The number of rotatable bonds is 6. The zero-order valence-electron chi connectivity index (χ0n) is 15.2. The normalized spacial score (nSPS) is 15.7. The molecular weight excluding hydrogens is 380 g/mol. The van der Waals surface area contributed by atoms with Crippen LogP contribution in [0.3, 0.4) is 0 Å². The van der Waals surface area contributed by atoms with Gasteiger partial charge >= 0.3 is 0 Å². The topological polar surface area (TPSA) is 56.7 Å². The highest BCUT2D eigenvalue weighted by Gasteiger charge is 2.15. The van der Waals surface area contributed by atoms with Gasteiger partial charge in [0, 0.05) is 44.1 Å². The molecule has 1 aliphatic carbocycles. The molecule has 0 spiro atoms. The third-order valence-electron chi connectivity index (χ3n) is 4.59. The van der Waals surface area contributed by atoms with Crippen molar-refractivity contribution in [1.82, 2.24) is 15.5 Å². The van der Waals surface area contributed by atoms with Crippen LogP contribution >= 0.6 is 15.9 Å². The van der Waals surface area contributed by atoms with Crippen molar-refractivity contribution in [2.45, 2.75) is 51.1 Å². The first-order valence-electron chi connectivity index (χ1n) is 9.04. The van der Waals surface area contributed by atoms with Gasteiger partial charge in [0.2, 0.25) is 5.91 Å². The van der Waals surface area contributed by atoms with Crippen LogP contribution in [0.4, 0.5) is 0 Å². The van der Waals surface area contributed by atoms with E-state index in [0.29, 0.717) is 25.6 Å². The van der Waals surface area contributed by atoms with Crippen molar-refractivity contribution >= 4 is 27.8 Å². The number of guanidine groups is 1. The Morgan fingerprint density at radius 2 is 2.00 bits per heavy atom. The van der Waals surface area contributed by atoms with E-state index in [4.69, 9.17) is 0 Å². The van der Waals surface area contributed by atoms with Crippen LogP contribution in [0.25, 0.3) is 0 Å². The molecule has 0 radical (unpaired) electrons. The maximum atomic E-state index is 12.3. The molecular formula is C19H29BrN4O. The Bertz CT molecular complexity index is 585. The van der Waals surface area contributed by atoms with Crippen LogP contribution in [0, 0.1) is 0 Å². The van der Waals surface area contributed by atoms with Gasteiger partial charge in [-0.1, -0.05) is 53.4 Å². The summed E-state index contributed by atoms with van der Waals surface area (Å²) in [6.45, 7) is 1.20. The SMILES string of the molecule is CN=C(NCCC(=O)N(C)Cc1ccccc1Br)NC1CCCCC1. The molecule has 2 N–H and O–H groups in total. The van der Waals surface area contributed by atoms with Gasteiger partial charge in [-0.05, 0) is 24.5 Å². The number of nitrogens with zero attached hydrogens (tertiary/aromatic N) is 2. The highest BCUT2D eigenvalue weighted by molar-refractivity contribution is 9.10. The number of carbonyl (C=O) groups is 1. The standard InChI is InChI=1S/C19H29BrN4O/c1-21-19(23-16-9-4-3-5-10-16)22-13-12-18(25)24(2)14-15-8-6-7-11-17(15)20/h6-8,11,16H,3-5,9-10,12-14H2,1-2H3,(H2,21,22,23). The quantitative estimate of drug-likeness (QED) is 0.560. The first kappa shape index (κ1) is 19.8. The smallest absolute Gasteiger partial charge is 0.224 e. The van der Waals surface area contributed by atoms with E-state index in [-0.39, 0.29) is 5.91 Å². The van der Waals surface area contributed by atoms with Gasteiger partial charge in [-0.15, -0.1) is 0 Å². The Morgan fingerprint density at radius 3 is 2.68 bits per heavy atom. The van der Waals surface area contributed by atoms with Crippen molar-refractivity contribution in [1.29, 1.82) is 0 Å². The van der Waals surface area contributed by atoms with E-state index >= 15 is 0 Å². The predicted molar refractivity (Wildman–Crippen MR) is 107 cm³/mol. The van der Waals surface area contributed by atoms with Crippen LogP contribution in [0.15, 0.2) is 33.7 Å². The van der Waals surface area contributed by atoms with E-state index in [9.17, 15) is 4.79 Å². The summed E-state index contributed by atoms with van der Waals surface area (Å²) >= 11 is 3.53. The summed E-state index contributed by atoms with van der Waals surface area (Å²) < 4.78 is 1.03. The molecule has 2 rings (SSSR count). The van der Waals surface area contributed by atoms with Crippen molar-refractivity contribution in [2.24, 2.45) is 4.99 Å². The summed E-state index contributed by atoms with van der Waals surface area (Å²) in [5.41, 5.74) is 1.11. The van der Waals surface area contributed by atoms with Crippen molar-refractivity contribution in [3.05, 3.63) is 34.3 Å². The second kappa shape index (κ2) is 10.4. The fourth-order valence-electron chi connectivity index (χ4n) is 3.08. The Labute approximate surface area is 159 Å². The molecule has 0 heterocycles. The third-order valence-corrected chi connectivity index (χ3v) is 5.37. The first-order chi connectivity index (χ1) is 12.1. The molecule has 1 aromatic rings. The minimum absolute atomic E-state index is 0.122. The van der Waals surface area contributed by atoms with E-state index in [1.807, 2.05) is 31.3 Å². The summed E-state index contributed by atoms with van der Waals surface area (Å²) in [6, 6.07) is 8.50. The van der Waals surface area contributed by atoms with Crippen molar-refractivity contribution < 1.29 is 4.79 Å². The largest absolute Gasteiger partial charge is 0.356 e. The number of nitrogens with one attached hydrogen (secondary N) is 2. The van der Waals surface area contributed by atoms with Gasteiger partial charge in [-0.2, -0.15) is 0 Å². The lowest BCUT2D eigenvalue weighted by Gasteiger charge is -2.25. The lowest BCUT2D eigenvalue weighted by Crippen LogP contribution is -2.45. The van der Waals surface area contributed by atoms with Crippen LogP contribution in [-0.2, 0) is 11.3 Å². The number of amides is 1. The number of benzene rings is 1. The van der Waals surface area contributed by atoms with E-state index < -0.39 is 0 Å². The third kappa shape index (κ3) is 6.69. The van der Waals surface area contributed by atoms with Gasteiger partial charge in [0.1, 0.15) is 0 Å². The van der Waals surface area contributed by atoms with E-state index in [1.165, 1.54) is 32.1 Å². The summed E-state index contributed by atoms with van der Waals surface area (Å²) in [4.78, 5) is 18.4. The second-order valence-corrected chi connectivity index (χ2v) is 7.42. The second-order valence-electron chi connectivity index (χ2n) is 6.57. The zero-order chi connectivity index (χ0) is 18.1. The average molecular weight is 409 g/mol. The Balaban J connectivity index is 1.72. The molecule has 1 aliphatic rings. The molecule has 6 heteroatoms. The molecule has 0 unspecified atom stereocenters. The number of hydrogen-bond donors (Lipinski definition) is 2. The number of hydrogen-bond acceptors (Lipinski definition) is 2. The average Bonchev–Trinajstić information content (AvgIpc) is 2.63. The maximum absolute atomic E-state index is 12.3. The number of carbonyl (C=O) groups excluding carboxylic acids is 1. The summed E-state index contributed by atoms with van der Waals surface area (Å²) in [7, 11) is 3.62. The van der Waals surface area contributed by atoms with Crippen molar-refractivity contribution in [2.75, 3.05) is 20.6 Å². The molecule has 5 nitrogen and oxygen atoms in total. The minimum atomic E-state index is 0.122. The van der Waals surface area contributed by atoms with Gasteiger partial charge in [0.05, 0.1) is 0 Å². The molecule has 0 aliphatic heterocycles. The van der Waals surface area contributed by atoms with Crippen LogP contribution < -0.4 is 10.6 Å². The summed E-state index contributed by atoms with van der Waals surface area (Å²) in [5, 5.41) is 6.72. The fourth-order valence-corrected chi connectivity index (χ4v) is 3.49. The van der Waals surface area contributed by atoms with Crippen molar-refractivity contribution in [3.63, 3.8) is 0 Å². The Morgan fingerprint density at radius 1 is 1.28 bits per heavy atom. The van der Waals surface area contributed by atoms with Gasteiger partial charge < -0.3 is 15.5 Å². The van der Waals surface area contributed by atoms with Gasteiger partial charge in [0.25, 0.3) is 0 Å². The van der Waals surface area contributed by atoms with E-state index in [1.54, 1.807) is 11.9 Å². The Kier molecular flexibility index (Phi) is 8.25. The number of aliphatic imine (C=N–C) groups is 1. The van der Waals surface area contributed by atoms with Crippen molar-refractivity contribution in [3.8, 4) is 0 Å². The van der Waals surface area contributed by atoms with Gasteiger partial charge in [-0.25, -0.2) is 0 Å². The van der Waals surface area contributed by atoms with E-state index in [0.717, 1.165) is 16.0 Å². The molecule has 1 amide bonds. The molecule has 1 saturated carbocycles. The minimum Gasteiger partial charge on any atom is -0.356 e. The zero-order valence-corrected chi connectivity index (χ0v) is 16.8. The Hall–Kier alpha value is -1.56. The van der Waals surface area contributed by atoms with Gasteiger partial charge in [0.15, 0.2) is 5.96 Å². The van der Waals surface area contributed by atoms with Crippen LogP contribution in [-0.4, -0.2) is 43.4 Å². The van der Waals surface area contributed by atoms with Crippen LogP contribution in [0.2, 0.25) is 0 Å². The molecule has 1 aromatic carbocycles. The number of halogens is 1. The van der Waals surface area contributed by atoms with Gasteiger partial charge in [-0.3, -0.25) is 9.79 Å². The molecule has 25 heavy (non-hydrogen) atoms. The fraction of sp³-hybridized carbons (Fsp3) is 0.579. The maximum Gasteiger partial charge on any atom is 0.224 e. The van der Waals surface area contributed by atoms with Crippen LogP contribution in [0.1, 0.15) is 44.1 Å². The molecule has 1 fully saturated rings. The molecule has 0 saturated heterocycles. The highest BCUT2D eigenvalue weighted by atomic mass is 79.9. The molecule has 0 bridgehead atoms. The van der Waals surface area contributed by atoms with E-state index in [2.05, 4.69) is 31.6 Å². The predicted octanol–water partition coefficient (Wildman–Crippen LogP) is 3.30. The van der Waals surface area contributed by atoms with Crippen LogP contribution in [0.5, 0.6) is 0 Å². The highest BCUT2D eigenvalue weighted by Crippen LogP contribution is 2.18. The monoisotopic (exact) mass is 408 g/mol. The summed E-state index contributed by atoms with van der Waals surface area (Å²) in [5.74, 6) is 0.921. The molecule has 0 aromatic heterocycles. The summed E-state index contributed by atoms with van der Waals surface area (Å²) in [6.07, 6.45) is 6.76. The first-order valence-corrected chi connectivity index (χ1v) is 9.84. The molecule has 138 valence electrons.